The van der Waals surface area contributed by atoms with E-state index in [1.54, 1.807) is 0 Å². The Morgan fingerprint density at radius 2 is 1.09 bits per heavy atom. The van der Waals surface area contributed by atoms with Crippen LogP contribution in [0.5, 0.6) is 0 Å². The van der Waals surface area contributed by atoms with Gasteiger partial charge in [-0.25, -0.2) is 0 Å². The summed E-state index contributed by atoms with van der Waals surface area (Å²) in [4.78, 5) is 0. The molecule has 2 aromatic carbocycles. The van der Waals surface area contributed by atoms with Crippen LogP contribution in [0.4, 0.5) is 0 Å². The van der Waals surface area contributed by atoms with Gasteiger partial charge in [0.05, 0.1) is 0 Å². The van der Waals surface area contributed by atoms with Crippen molar-refractivity contribution in [2.45, 2.75) is 45.1 Å². The standard InChI is InChI=1S/C19H27BNSi2/c1-22(2,3)21(23(4,5)6)20-19-17-13-9-7-11-15(17)16-12-8-10-14-18(16)19/h7-14,19H,1-6H3. The largest absolute Gasteiger partial charge is 0.392 e. The summed E-state index contributed by atoms with van der Waals surface area (Å²) in [7, 11) is -0.213. The molecule has 1 radical (unpaired) electrons. The van der Waals surface area contributed by atoms with Crippen molar-refractivity contribution in [3.63, 3.8) is 0 Å². The van der Waals surface area contributed by atoms with Crippen molar-refractivity contribution in [1.82, 2.24) is 4.14 Å². The van der Waals surface area contributed by atoms with Crippen LogP contribution in [0.15, 0.2) is 48.5 Å². The van der Waals surface area contributed by atoms with E-state index in [0.29, 0.717) is 5.82 Å². The molecule has 0 N–H and O–H groups in total. The molecule has 0 aromatic heterocycles. The second-order valence-corrected chi connectivity index (χ2v) is 18.6. The minimum Gasteiger partial charge on any atom is -0.392 e. The van der Waals surface area contributed by atoms with E-state index in [1.807, 2.05) is 0 Å². The molecule has 4 heteroatoms. The normalized spacial score (nSPS) is 14.7. The zero-order valence-corrected chi connectivity index (χ0v) is 17.2. The molecule has 2 aromatic rings. The van der Waals surface area contributed by atoms with Crippen molar-refractivity contribution < 1.29 is 0 Å². The maximum atomic E-state index is 2.80. The maximum absolute atomic E-state index is 2.80. The Labute approximate surface area is 144 Å². The fraction of sp³-hybridized carbons (Fsp3) is 0.368. The van der Waals surface area contributed by atoms with Crippen molar-refractivity contribution in [2.75, 3.05) is 0 Å². The highest BCUT2D eigenvalue weighted by atomic mass is 28.4. The predicted molar refractivity (Wildman–Crippen MR) is 108 cm³/mol. The van der Waals surface area contributed by atoms with E-state index in [0.717, 1.165) is 0 Å². The summed E-state index contributed by atoms with van der Waals surface area (Å²) < 4.78 is 2.80. The maximum Gasteiger partial charge on any atom is 0.206 e. The molecule has 0 spiro atoms. The fourth-order valence-electron chi connectivity index (χ4n) is 3.96. The molecule has 0 heterocycles. The van der Waals surface area contributed by atoms with Crippen LogP contribution >= 0.6 is 0 Å². The fourth-order valence-corrected chi connectivity index (χ4v) is 13.2. The molecule has 0 aliphatic heterocycles. The van der Waals surface area contributed by atoms with Crippen LogP contribution < -0.4 is 0 Å². The van der Waals surface area contributed by atoms with Gasteiger partial charge in [0.25, 0.3) is 0 Å². The molecule has 0 fully saturated rings. The first-order valence-corrected chi connectivity index (χ1v) is 15.4. The van der Waals surface area contributed by atoms with Crippen molar-refractivity contribution in [3.05, 3.63) is 59.7 Å². The Morgan fingerprint density at radius 1 is 0.696 bits per heavy atom. The Hall–Kier alpha value is -1.10. The van der Waals surface area contributed by atoms with Crippen LogP contribution in [-0.2, 0) is 0 Å². The molecule has 1 nitrogen and oxygen atoms in total. The van der Waals surface area contributed by atoms with Crippen LogP contribution in [0.1, 0.15) is 16.9 Å². The molecule has 0 unspecified atom stereocenters. The average Bonchev–Trinajstić information content (AvgIpc) is 2.77. The Balaban J connectivity index is 2.06. The first kappa shape index (κ1) is 16.7. The lowest BCUT2D eigenvalue weighted by molar-refractivity contribution is 0.916. The first-order valence-electron chi connectivity index (χ1n) is 8.52. The lowest BCUT2D eigenvalue weighted by Crippen LogP contribution is -2.61. The highest BCUT2D eigenvalue weighted by Crippen LogP contribution is 2.44. The minimum atomic E-state index is -1.39. The third kappa shape index (κ3) is 3.12. The van der Waals surface area contributed by atoms with E-state index in [1.165, 1.54) is 22.3 Å². The highest BCUT2D eigenvalue weighted by Gasteiger charge is 2.39. The second kappa shape index (κ2) is 5.76. The molecule has 0 amide bonds. The van der Waals surface area contributed by atoms with Gasteiger partial charge in [-0.05, 0) is 28.1 Å². The molecule has 3 rings (SSSR count). The lowest BCUT2D eigenvalue weighted by atomic mass is 9.71. The van der Waals surface area contributed by atoms with Gasteiger partial charge in [0.15, 0.2) is 0 Å². The van der Waals surface area contributed by atoms with Gasteiger partial charge in [-0.1, -0.05) is 87.8 Å². The smallest absolute Gasteiger partial charge is 0.206 e. The SMILES string of the molecule is C[Si](C)(C)N([B]C1c2ccccc2-c2ccccc21)[Si](C)(C)C. The van der Waals surface area contributed by atoms with Crippen LogP contribution in [-0.4, -0.2) is 28.0 Å². The molecule has 0 bridgehead atoms. The molecular formula is C19H27BNSi2. The number of rotatable bonds is 4. The zero-order valence-electron chi connectivity index (χ0n) is 15.2. The molecule has 23 heavy (non-hydrogen) atoms. The molecule has 0 atom stereocenters. The molecule has 119 valence electrons. The van der Waals surface area contributed by atoms with Gasteiger partial charge in [-0.2, -0.15) is 0 Å². The van der Waals surface area contributed by atoms with Gasteiger partial charge in [0.1, 0.15) is 16.5 Å². The zero-order chi connectivity index (χ0) is 16.8. The van der Waals surface area contributed by atoms with Gasteiger partial charge in [-0.15, -0.1) is 0 Å². The Kier molecular flexibility index (Phi) is 4.19. The van der Waals surface area contributed by atoms with Crippen LogP contribution in [0.25, 0.3) is 11.1 Å². The average molecular weight is 336 g/mol. The molecule has 0 saturated heterocycles. The minimum absolute atomic E-state index is 0.404. The summed E-state index contributed by atoms with van der Waals surface area (Å²) in [6, 6.07) is 17.8. The monoisotopic (exact) mass is 336 g/mol. The third-order valence-corrected chi connectivity index (χ3v) is 11.8. The lowest BCUT2D eigenvalue weighted by Gasteiger charge is -2.45. The van der Waals surface area contributed by atoms with E-state index < -0.39 is 16.5 Å². The number of nitrogens with zero attached hydrogens (tertiary/aromatic N) is 1. The number of hydrogen-bond acceptors (Lipinski definition) is 1. The van der Waals surface area contributed by atoms with E-state index in [9.17, 15) is 0 Å². The van der Waals surface area contributed by atoms with E-state index in [2.05, 4.69) is 99.4 Å². The van der Waals surface area contributed by atoms with Crippen LogP contribution in [0.2, 0.25) is 39.3 Å². The van der Waals surface area contributed by atoms with Crippen molar-refractivity contribution in [3.8, 4) is 11.1 Å². The number of fused-ring (bicyclic) bond motifs is 3. The summed E-state index contributed by atoms with van der Waals surface area (Å²) in [6.07, 6.45) is 0. The van der Waals surface area contributed by atoms with E-state index >= 15 is 0 Å². The van der Waals surface area contributed by atoms with E-state index in [-0.39, 0.29) is 0 Å². The Bertz CT molecular complexity index is 656. The Morgan fingerprint density at radius 3 is 1.48 bits per heavy atom. The molecule has 1 aliphatic carbocycles. The quantitative estimate of drug-likeness (QED) is 0.681. The number of hydrogen-bond donors (Lipinski definition) is 0. The van der Waals surface area contributed by atoms with Gasteiger partial charge in [-0.3, -0.25) is 0 Å². The van der Waals surface area contributed by atoms with Gasteiger partial charge in [0.2, 0.25) is 7.41 Å². The van der Waals surface area contributed by atoms with Crippen molar-refractivity contribution in [1.29, 1.82) is 0 Å². The van der Waals surface area contributed by atoms with E-state index in [4.69, 9.17) is 0 Å². The topological polar surface area (TPSA) is 3.24 Å². The second-order valence-electron chi connectivity index (χ2n) is 8.51. The summed E-state index contributed by atoms with van der Waals surface area (Å²) in [5, 5.41) is 0. The third-order valence-electron chi connectivity index (χ3n) is 4.63. The molecule has 1 aliphatic rings. The van der Waals surface area contributed by atoms with Gasteiger partial charge < -0.3 is 4.14 Å². The van der Waals surface area contributed by atoms with Crippen molar-refractivity contribution >= 4 is 23.9 Å². The molecule has 0 saturated carbocycles. The summed E-state index contributed by atoms with van der Waals surface area (Å²) in [6.45, 7) is 14.8. The van der Waals surface area contributed by atoms with Crippen LogP contribution in [0, 0.1) is 0 Å². The first-order chi connectivity index (χ1) is 10.7. The number of benzene rings is 2. The van der Waals surface area contributed by atoms with Gasteiger partial charge in [0, 0.05) is 0 Å². The highest BCUT2D eigenvalue weighted by molar-refractivity contribution is 6.96. The summed E-state index contributed by atoms with van der Waals surface area (Å²) >= 11 is 0. The predicted octanol–water partition coefficient (Wildman–Crippen LogP) is 5.35. The van der Waals surface area contributed by atoms with Crippen molar-refractivity contribution in [2.24, 2.45) is 0 Å². The summed E-state index contributed by atoms with van der Waals surface area (Å²) in [5.74, 6) is 0.404. The summed E-state index contributed by atoms with van der Waals surface area (Å²) in [5.41, 5.74) is 5.76. The molecular weight excluding hydrogens is 309 g/mol. The van der Waals surface area contributed by atoms with Gasteiger partial charge >= 0.3 is 0 Å². The van der Waals surface area contributed by atoms with Crippen LogP contribution in [0.3, 0.4) is 0 Å².